The highest BCUT2D eigenvalue weighted by molar-refractivity contribution is 9.10. The summed E-state index contributed by atoms with van der Waals surface area (Å²) in [6.45, 7) is 1.47. The van der Waals surface area contributed by atoms with Crippen LogP contribution in [0.4, 0.5) is 0 Å². The average Bonchev–Trinajstić information content (AvgIpc) is 3.07. The van der Waals surface area contributed by atoms with Gasteiger partial charge >= 0.3 is 0 Å². The summed E-state index contributed by atoms with van der Waals surface area (Å²) in [6, 6.07) is 3.72. The molecular weight excluding hydrogens is 272 g/mol. The van der Waals surface area contributed by atoms with Crippen LogP contribution in [0.5, 0.6) is 11.5 Å². The van der Waals surface area contributed by atoms with Crippen LogP contribution in [0.15, 0.2) is 16.6 Å². The van der Waals surface area contributed by atoms with Crippen LogP contribution in [0.25, 0.3) is 0 Å². The van der Waals surface area contributed by atoms with Gasteiger partial charge in [-0.05, 0) is 46.5 Å². The molecule has 0 atom stereocenters. The van der Waals surface area contributed by atoms with Crippen molar-refractivity contribution in [3.8, 4) is 11.5 Å². The van der Waals surface area contributed by atoms with Crippen molar-refractivity contribution in [2.45, 2.75) is 19.4 Å². The molecule has 0 amide bonds. The second kappa shape index (κ2) is 3.64. The van der Waals surface area contributed by atoms with Gasteiger partial charge in [-0.2, -0.15) is 0 Å². The van der Waals surface area contributed by atoms with Crippen molar-refractivity contribution in [2.75, 3.05) is 13.2 Å². The monoisotopic (exact) mass is 284 g/mol. The lowest BCUT2D eigenvalue weighted by atomic mass is 10.1. The van der Waals surface area contributed by atoms with Crippen LogP contribution >= 0.6 is 15.9 Å². The predicted molar refractivity (Wildman–Crippen MR) is 62.7 cm³/mol. The third kappa shape index (κ3) is 1.70. The molecular formula is C12H13BrO3. The van der Waals surface area contributed by atoms with Gasteiger partial charge in [-0.15, -0.1) is 0 Å². The molecule has 2 aliphatic rings. The normalized spacial score (nSPS) is 20.6. The van der Waals surface area contributed by atoms with Gasteiger partial charge < -0.3 is 14.6 Å². The van der Waals surface area contributed by atoms with E-state index >= 15 is 0 Å². The largest absolute Gasteiger partial charge is 0.489 e. The number of fused-ring (bicyclic) bond motifs is 1. The average molecular weight is 285 g/mol. The molecule has 3 nitrogen and oxygen atoms in total. The van der Waals surface area contributed by atoms with E-state index in [0.717, 1.165) is 34.7 Å². The van der Waals surface area contributed by atoms with Gasteiger partial charge in [0.25, 0.3) is 0 Å². The van der Waals surface area contributed by atoms with Gasteiger partial charge in [0, 0.05) is 5.41 Å². The highest BCUT2D eigenvalue weighted by atomic mass is 79.9. The zero-order valence-electron chi connectivity index (χ0n) is 8.83. The number of aliphatic hydroxyl groups is 1. The number of rotatable bonds is 1. The van der Waals surface area contributed by atoms with Crippen molar-refractivity contribution in [3.05, 3.63) is 22.2 Å². The molecule has 0 radical (unpaired) electrons. The lowest BCUT2D eigenvalue weighted by Crippen LogP contribution is -2.17. The topological polar surface area (TPSA) is 38.7 Å². The van der Waals surface area contributed by atoms with Crippen molar-refractivity contribution in [3.63, 3.8) is 0 Å². The molecule has 1 aromatic rings. The summed E-state index contributed by atoms with van der Waals surface area (Å²) >= 11 is 3.45. The number of hydrogen-bond acceptors (Lipinski definition) is 3. The predicted octanol–water partition coefficient (Wildman–Crippen LogP) is 2.49. The molecule has 86 valence electrons. The lowest BCUT2D eigenvalue weighted by Gasteiger charge is -2.10. The van der Waals surface area contributed by atoms with Crippen LogP contribution < -0.4 is 9.47 Å². The molecule has 1 saturated carbocycles. The maximum Gasteiger partial charge on any atom is 0.175 e. The Balaban J connectivity index is 1.97. The van der Waals surface area contributed by atoms with E-state index in [1.165, 1.54) is 12.8 Å². The number of halogens is 1. The summed E-state index contributed by atoms with van der Waals surface area (Å²) in [5, 5.41) is 9.13. The van der Waals surface area contributed by atoms with Crippen molar-refractivity contribution in [2.24, 2.45) is 5.41 Å². The maximum absolute atomic E-state index is 9.13. The molecule has 1 heterocycles. The first-order chi connectivity index (χ1) is 7.72. The van der Waals surface area contributed by atoms with E-state index in [4.69, 9.17) is 14.6 Å². The van der Waals surface area contributed by atoms with Crippen LogP contribution in [-0.2, 0) is 6.61 Å². The Kier molecular flexibility index (Phi) is 2.37. The second-order valence-electron chi connectivity index (χ2n) is 4.64. The van der Waals surface area contributed by atoms with E-state index in [2.05, 4.69) is 15.9 Å². The minimum Gasteiger partial charge on any atom is -0.489 e. The molecule has 0 saturated heterocycles. The fourth-order valence-corrected chi connectivity index (χ4v) is 2.53. The molecule has 0 bridgehead atoms. The Labute approximate surface area is 102 Å². The molecule has 0 aromatic heterocycles. The van der Waals surface area contributed by atoms with Crippen LogP contribution in [0.3, 0.4) is 0 Å². The Morgan fingerprint density at radius 1 is 1.25 bits per heavy atom. The Morgan fingerprint density at radius 3 is 2.69 bits per heavy atom. The van der Waals surface area contributed by atoms with Gasteiger partial charge in [-0.1, -0.05) is 0 Å². The summed E-state index contributed by atoms with van der Waals surface area (Å²) < 4.78 is 12.4. The smallest absolute Gasteiger partial charge is 0.175 e. The fourth-order valence-electron chi connectivity index (χ4n) is 1.92. The van der Waals surface area contributed by atoms with E-state index in [0.29, 0.717) is 0 Å². The summed E-state index contributed by atoms with van der Waals surface area (Å²) in [4.78, 5) is 0. The highest BCUT2D eigenvalue weighted by Crippen LogP contribution is 2.50. The number of benzene rings is 1. The fraction of sp³-hybridized carbons (Fsp3) is 0.500. The van der Waals surface area contributed by atoms with Crippen molar-refractivity contribution < 1.29 is 14.6 Å². The minimum atomic E-state index is 0.0143. The lowest BCUT2D eigenvalue weighted by molar-refractivity contribution is 0.196. The zero-order valence-corrected chi connectivity index (χ0v) is 10.4. The molecule has 4 heteroatoms. The van der Waals surface area contributed by atoms with E-state index in [9.17, 15) is 0 Å². The number of hydrogen-bond donors (Lipinski definition) is 1. The maximum atomic E-state index is 9.13. The Morgan fingerprint density at radius 2 is 2.00 bits per heavy atom. The molecule has 1 spiro atoms. The Hall–Kier alpha value is -0.740. The molecule has 1 aliphatic carbocycles. The standard InChI is InChI=1S/C12H13BrO3/c13-9-3-8(5-14)4-10-11(9)16-7-12(1-2-12)6-15-10/h3-4,14H,1-2,5-7H2. The first kappa shape index (κ1) is 10.4. The summed E-state index contributed by atoms with van der Waals surface area (Å²) in [7, 11) is 0. The molecule has 1 aliphatic heterocycles. The van der Waals surface area contributed by atoms with Gasteiger partial charge in [0.05, 0.1) is 24.3 Å². The van der Waals surface area contributed by atoms with E-state index in [1.54, 1.807) is 0 Å². The van der Waals surface area contributed by atoms with E-state index < -0.39 is 0 Å². The third-order valence-electron chi connectivity index (χ3n) is 3.27. The quantitative estimate of drug-likeness (QED) is 0.861. The van der Waals surface area contributed by atoms with Crippen molar-refractivity contribution in [1.29, 1.82) is 0 Å². The molecule has 1 aromatic carbocycles. The zero-order chi connectivity index (χ0) is 11.2. The van der Waals surface area contributed by atoms with Crippen LogP contribution in [0, 0.1) is 5.41 Å². The SMILES string of the molecule is OCc1cc(Br)c2c(c1)OCC1(CC1)CO2. The van der Waals surface area contributed by atoms with Gasteiger partial charge in [-0.25, -0.2) is 0 Å². The van der Waals surface area contributed by atoms with Crippen molar-refractivity contribution >= 4 is 15.9 Å². The van der Waals surface area contributed by atoms with Gasteiger partial charge in [0.2, 0.25) is 0 Å². The highest BCUT2D eigenvalue weighted by Gasteiger charge is 2.46. The van der Waals surface area contributed by atoms with Crippen LogP contribution in [-0.4, -0.2) is 18.3 Å². The van der Waals surface area contributed by atoms with Gasteiger partial charge in [0.1, 0.15) is 0 Å². The molecule has 16 heavy (non-hydrogen) atoms. The van der Waals surface area contributed by atoms with E-state index in [1.807, 2.05) is 12.1 Å². The van der Waals surface area contributed by atoms with Crippen LogP contribution in [0.1, 0.15) is 18.4 Å². The first-order valence-electron chi connectivity index (χ1n) is 5.41. The van der Waals surface area contributed by atoms with Gasteiger partial charge in [0.15, 0.2) is 11.5 Å². The van der Waals surface area contributed by atoms with Gasteiger partial charge in [-0.3, -0.25) is 0 Å². The summed E-state index contributed by atoms with van der Waals surface area (Å²) in [6.07, 6.45) is 2.37. The van der Waals surface area contributed by atoms with E-state index in [-0.39, 0.29) is 12.0 Å². The number of ether oxygens (including phenoxy) is 2. The third-order valence-corrected chi connectivity index (χ3v) is 3.85. The Bertz CT molecular complexity index is 427. The summed E-state index contributed by atoms with van der Waals surface area (Å²) in [5.41, 5.74) is 1.08. The van der Waals surface area contributed by atoms with Crippen molar-refractivity contribution in [1.82, 2.24) is 0 Å². The number of aliphatic hydroxyl groups excluding tert-OH is 1. The molecule has 1 fully saturated rings. The molecule has 3 rings (SSSR count). The minimum absolute atomic E-state index is 0.0143. The molecule has 1 N–H and O–H groups in total. The van der Waals surface area contributed by atoms with Crippen LogP contribution in [0.2, 0.25) is 0 Å². The first-order valence-corrected chi connectivity index (χ1v) is 6.21. The molecule has 0 unspecified atom stereocenters. The second-order valence-corrected chi connectivity index (χ2v) is 5.49. The summed E-state index contributed by atoms with van der Waals surface area (Å²) in [5.74, 6) is 1.50.